The molecular formula is C11H11FN2S. The van der Waals surface area contributed by atoms with Crippen LogP contribution in [0.3, 0.4) is 0 Å². The molecule has 0 saturated carbocycles. The van der Waals surface area contributed by atoms with Gasteiger partial charge in [-0.05, 0) is 24.6 Å². The Kier molecular flexibility index (Phi) is 2.97. The van der Waals surface area contributed by atoms with Crippen molar-refractivity contribution < 1.29 is 4.39 Å². The minimum Gasteiger partial charge on any atom is -0.380 e. The predicted octanol–water partition coefficient (Wildman–Crippen LogP) is 3.20. The molecule has 2 nitrogen and oxygen atoms in total. The van der Waals surface area contributed by atoms with E-state index in [1.165, 1.54) is 12.1 Å². The van der Waals surface area contributed by atoms with Crippen LogP contribution in [0.2, 0.25) is 0 Å². The molecule has 0 spiro atoms. The second kappa shape index (κ2) is 4.40. The van der Waals surface area contributed by atoms with E-state index >= 15 is 0 Å². The van der Waals surface area contributed by atoms with E-state index in [0.29, 0.717) is 6.54 Å². The van der Waals surface area contributed by atoms with Crippen LogP contribution in [0.5, 0.6) is 0 Å². The molecule has 0 radical (unpaired) electrons. The summed E-state index contributed by atoms with van der Waals surface area (Å²) in [6.07, 6.45) is 1.81. The van der Waals surface area contributed by atoms with Crippen LogP contribution in [0.25, 0.3) is 0 Å². The molecule has 0 aliphatic rings. The number of hydrogen-bond acceptors (Lipinski definition) is 3. The molecule has 1 aromatic carbocycles. The largest absolute Gasteiger partial charge is 0.380 e. The smallest absolute Gasteiger partial charge is 0.125 e. The molecule has 1 aromatic heterocycles. The first kappa shape index (κ1) is 10.1. The van der Waals surface area contributed by atoms with E-state index in [4.69, 9.17) is 0 Å². The third-order valence-corrected chi connectivity index (χ3v) is 2.92. The lowest BCUT2D eigenvalue weighted by Crippen LogP contribution is -1.99. The zero-order chi connectivity index (χ0) is 10.7. The number of aromatic nitrogens is 1. The fourth-order valence-electron chi connectivity index (χ4n) is 1.30. The molecule has 0 atom stereocenters. The van der Waals surface area contributed by atoms with Crippen molar-refractivity contribution >= 4 is 17.0 Å². The standard InChI is InChI=1S/C11H11FN2S/c1-8-2-3-9(12)4-11(8)14-6-10-5-13-7-15-10/h2-5,7,14H,6H2,1H3. The van der Waals surface area contributed by atoms with Crippen molar-refractivity contribution in [2.24, 2.45) is 0 Å². The molecule has 0 saturated heterocycles. The van der Waals surface area contributed by atoms with E-state index in [1.54, 1.807) is 22.9 Å². The summed E-state index contributed by atoms with van der Waals surface area (Å²) in [7, 11) is 0. The summed E-state index contributed by atoms with van der Waals surface area (Å²) in [5.41, 5.74) is 3.67. The summed E-state index contributed by atoms with van der Waals surface area (Å²) in [4.78, 5) is 5.12. The van der Waals surface area contributed by atoms with Crippen LogP contribution in [0.15, 0.2) is 29.9 Å². The third kappa shape index (κ3) is 2.53. The molecule has 78 valence electrons. The molecule has 0 aliphatic heterocycles. The number of thiazole rings is 1. The van der Waals surface area contributed by atoms with Crippen molar-refractivity contribution in [2.75, 3.05) is 5.32 Å². The van der Waals surface area contributed by atoms with E-state index in [-0.39, 0.29) is 5.82 Å². The lowest BCUT2D eigenvalue weighted by molar-refractivity contribution is 0.628. The maximum absolute atomic E-state index is 13.0. The van der Waals surface area contributed by atoms with Crippen molar-refractivity contribution in [1.29, 1.82) is 0 Å². The average Bonchev–Trinajstić information content (AvgIpc) is 2.72. The van der Waals surface area contributed by atoms with Crippen molar-refractivity contribution in [2.45, 2.75) is 13.5 Å². The Labute approximate surface area is 91.8 Å². The van der Waals surface area contributed by atoms with Gasteiger partial charge in [0.2, 0.25) is 0 Å². The van der Waals surface area contributed by atoms with E-state index < -0.39 is 0 Å². The van der Waals surface area contributed by atoms with Crippen LogP contribution >= 0.6 is 11.3 Å². The van der Waals surface area contributed by atoms with Gasteiger partial charge in [-0.1, -0.05) is 6.07 Å². The third-order valence-electron chi connectivity index (χ3n) is 2.14. The predicted molar refractivity (Wildman–Crippen MR) is 60.6 cm³/mol. The van der Waals surface area contributed by atoms with E-state index in [0.717, 1.165) is 16.1 Å². The fourth-order valence-corrected chi connectivity index (χ4v) is 1.83. The summed E-state index contributed by atoms with van der Waals surface area (Å²) < 4.78 is 13.0. The highest BCUT2D eigenvalue weighted by atomic mass is 32.1. The Balaban J connectivity index is 2.07. The number of hydrogen-bond donors (Lipinski definition) is 1. The first-order valence-corrected chi connectivity index (χ1v) is 5.51. The fraction of sp³-hybridized carbons (Fsp3) is 0.182. The SMILES string of the molecule is Cc1ccc(F)cc1NCc1cncs1. The number of nitrogens with one attached hydrogen (secondary N) is 1. The Bertz CT molecular complexity index is 440. The summed E-state index contributed by atoms with van der Waals surface area (Å²) >= 11 is 1.58. The molecule has 1 heterocycles. The quantitative estimate of drug-likeness (QED) is 0.862. The summed E-state index contributed by atoms with van der Waals surface area (Å²) in [6, 6.07) is 4.74. The highest BCUT2D eigenvalue weighted by Gasteiger charge is 2.00. The number of rotatable bonds is 3. The number of benzene rings is 1. The van der Waals surface area contributed by atoms with Gasteiger partial charge in [0.15, 0.2) is 0 Å². The van der Waals surface area contributed by atoms with Crippen LogP contribution < -0.4 is 5.32 Å². The normalized spacial score (nSPS) is 10.3. The second-order valence-corrected chi connectivity index (χ2v) is 4.25. The average molecular weight is 222 g/mol. The summed E-state index contributed by atoms with van der Waals surface area (Å²) in [6.45, 7) is 2.64. The number of anilines is 1. The van der Waals surface area contributed by atoms with Crippen LogP contribution in [0, 0.1) is 12.7 Å². The maximum atomic E-state index is 13.0. The van der Waals surface area contributed by atoms with Crippen molar-refractivity contribution in [3.63, 3.8) is 0 Å². The maximum Gasteiger partial charge on any atom is 0.125 e. The van der Waals surface area contributed by atoms with E-state index in [2.05, 4.69) is 10.3 Å². The summed E-state index contributed by atoms with van der Waals surface area (Å²) in [5, 5.41) is 3.19. The molecule has 0 amide bonds. The van der Waals surface area contributed by atoms with Gasteiger partial charge < -0.3 is 5.32 Å². The van der Waals surface area contributed by atoms with Gasteiger partial charge in [0, 0.05) is 16.8 Å². The molecule has 15 heavy (non-hydrogen) atoms. The van der Waals surface area contributed by atoms with Crippen LogP contribution in [-0.4, -0.2) is 4.98 Å². The van der Waals surface area contributed by atoms with Crippen LogP contribution in [0.1, 0.15) is 10.4 Å². The molecule has 0 unspecified atom stereocenters. The van der Waals surface area contributed by atoms with Crippen molar-refractivity contribution in [3.8, 4) is 0 Å². The Morgan fingerprint density at radius 3 is 3.07 bits per heavy atom. The van der Waals surface area contributed by atoms with Gasteiger partial charge in [-0.25, -0.2) is 4.39 Å². The molecular weight excluding hydrogens is 211 g/mol. The highest BCUT2D eigenvalue weighted by Crippen LogP contribution is 2.17. The topological polar surface area (TPSA) is 24.9 Å². The molecule has 0 fully saturated rings. The van der Waals surface area contributed by atoms with Gasteiger partial charge in [0.25, 0.3) is 0 Å². The Morgan fingerprint density at radius 1 is 1.47 bits per heavy atom. The number of nitrogens with zero attached hydrogens (tertiary/aromatic N) is 1. The minimum atomic E-state index is -0.215. The molecule has 4 heteroatoms. The molecule has 1 N–H and O–H groups in total. The van der Waals surface area contributed by atoms with Gasteiger partial charge in [-0.3, -0.25) is 4.98 Å². The zero-order valence-corrected chi connectivity index (χ0v) is 9.14. The molecule has 2 aromatic rings. The van der Waals surface area contributed by atoms with Crippen LogP contribution in [0.4, 0.5) is 10.1 Å². The Morgan fingerprint density at radius 2 is 2.33 bits per heavy atom. The number of aryl methyl sites for hydroxylation is 1. The van der Waals surface area contributed by atoms with E-state index in [9.17, 15) is 4.39 Å². The molecule has 2 rings (SSSR count). The van der Waals surface area contributed by atoms with Gasteiger partial charge in [-0.2, -0.15) is 0 Å². The van der Waals surface area contributed by atoms with Gasteiger partial charge in [0.05, 0.1) is 12.1 Å². The molecule has 0 bridgehead atoms. The van der Waals surface area contributed by atoms with Crippen molar-refractivity contribution in [1.82, 2.24) is 4.98 Å². The van der Waals surface area contributed by atoms with Gasteiger partial charge in [-0.15, -0.1) is 11.3 Å². The highest BCUT2D eigenvalue weighted by molar-refractivity contribution is 7.09. The molecule has 0 aliphatic carbocycles. The Hall–Kier alpha value is -1.42. The first-order valence-electron chi connectivity index (χ1n) is 4.63. The van der Waals surface area contributed by atoms with Gasteiger partial charge in [0.1, 0.15) is 5.82 Å². The number of halogens is 1. The van der Waals surface area contributed by atoms with Crippen molar-refractivity contribution in [3.05, 3.63) is 46.2 Å². The second-order valence-electron chi connectivity index (χ2n) is 3.28. The lowest BCUT2D eigenvalue weighted by atomic mass is 10.2. The monoisotopic (exact) mass is 222 g/mol. The van der Waals surface area contributed by atoms with Gasteiger partial charge >= 0.3 is 0 Å². The summed E-state index contributed by atoms with van der Waals surface area (Å²) in [5.74, 6) is -0.215. The van der Waals surface area contributed by atoms with Crippen LogP contribution in [-0.2, 0) is 6.54 Å². The lowest BCUT2D eigenvalue weighted by Gasteiger charge is -2.07. The first-order chi connectivity index (χ1) is 7.25. The zero-order valence-electron chi connectivity index (χ0n) is 8.33. The minimum absolute atomic E-state index is 0.215. The van der Waals surface area contributed by atoms with E-state index in [1.807, 2.05) is 13.1 Å².